The summed E-state index contributed by atoms with van der Waals surface area (Å²) in [5, 5.41) is 9.32. The summed E-state index contributed by atoms with van der Waals surface area (Å²) < 4.78 is 4.77. The van der Waals surface area contributed by atoms with Crippen molar-refractivity contribution >= 4 is 76.3 Å². The highest BCUT2D eigenvalue weighted by atomic mass is 15.0. The first-order chi connectivity index (χ1) is 30.7. The van der Waals surface area contributed by atoms with Gasteiger partial charge in [-0.1, -0.05) is 133 Å². The quantitative estimate of drug-likeness (QED) is 0.174. The van der Waals surface area contributed by atoms with Crippen LogP contribution >= 0.6 is 0 Å². The average molecular weight is 791 g/mol. The summed E-state index contributed by atoms with van der Waals surface area (Å²) in [6, 6.07) is 69.5. The molecule has 9 aromatic carbocycles. The zero-order valence-corrected chi connectivity index (χ0v) is 33.3. The highest BCUT2D eigenvalue weighted by Gasteiger charge is 2.21. The summed E-state index contributed by atoms with van der Waals surface area (Å²) in [5.41, 5.74) is 13.0. The predicted molar refractivity (Wildman–Crippen MR) is 255 cm³/mol. The van der Waals surface area contributed by atoms with Crippen LogP contribution in [0.25, 0.3) is 121 Å². The first-order valence-corrected chi connectivity index (χ1v) is 20.9. The number of para-hydroxylation sites is 2. The fourth-order valence-electron chi connectivity index (χ4n) is 9.61. The lowest BCUT2D eigenvalue weighted by Crippen LogP contribution is -2.00. The summed E-state index contributed by atoms with van der Waals surface area (Å²) in [5.74, 6) is 0.599. The number of hydrogen-bond donors (Lipinski definition) is 0. The molecule has 0 N–H and O–H groups in total. The Kier molecular flexibility index (Phi) is 7.50. The van der Waals surface area contributed by atoms with E-state index in [0.717, 1.165) is 66.4 Å². The number of benzene rings is 9. The molecule has 0 amide bonds. The molecule has 288 valence electrons. The number of fused-ring (bicyclic) bond motifs is 9. The Balaban J connectivity index is 1.03. The van der Waals surface area contributed by atoms with E-state index >= 15 is 0 Å². The minimum Gasteiger partial charge on any atom is -0.309 e. The van der Waals surface area contributed by atoms with Crippen molar-refractivity contribution < 1.29 is 0 Å². The molecule has 6 nitrogen and oxygen atoms in total. The van der Waals surface area contributed by atoms with Gasteiger partial charge in [0.1, 0.15) is 11.2 Å². The zero-order chi connectivity index (χ0) is 40.7. The monoisotopic (exact) mass is 790 g/mol. The molecule has 0 bridgehead atoms. The Morgan fingerprint density at radius 1 is 0.355 bits per heavy atom. The average Bonchev–Trinajstić information content (AvgIpc) is 3.84. The van der Waals surface area contributed by atoms with E-state index in [9.17, 15) is 0 Å². The summed E-state index contributed by atoms with van der Waals surface area (Å²) in [6.45, 7) is 0. The molecule has 0 saturated heterocycles. The molecule has 13 aromatic rings. The van der Waals surface area contributed by atoms with Crippen LogP contribution in [0.2, 0.25) is 0 Å². The first kappa shape index (κ1) is 34.4. The van der Waals surface area contributed by atoms with Gasteiger partial charge in [-0.2, -0.15) is 0 Å². The van der Waals surface area contributed by atoms with Gasteiger partial charge in [-0.05, 0) is 87.9 Å². The third kappa shape index (κ3) is 5.23. The van der Waals surface area contributed by atoms with Crippen LogP contribution in [0, 0.1) is 0 Å². The largest absolute Gasteiger partial charge is 0.309 e. The molecular formula is C56H34N6. The van der Waals surface area contributed by atoms with Gasteiger partial charge >= 0.3 is 0 Å². The summed E-state index contributed by atoms with van der Waals surface area (Å²) in [4.78, 5) is 20.1. The Bertz CT molecular complexity index is 3920. The van der Waals surface area contributed by atoms with Gasteiger partial charge in [-0.15, -0.1) is 0 Å². The number of hydrogen-bond acceptors (Lipinski definition) is 4. The van der Waals surface area contributed by atoms with Crippen molar-refractivity contribution in [2.24, 2.45) is 0 Å². The van der Waals surface area contributed by atoms with Gasteiger partial charge in [0.05, 0.1) is 27.8 Å². The topological polar surface area (TPSA) is 61.4 Å². The summed E-state index contributed by atoms with van der Waals surface area (Å²) >= 11 is 0. The first-order valence-electron chi connectivity index (χ1n) is 20.9. The second-order valence-electron chi connectivity index (χ2n) is 15.9. The highest BCUT2D eigenvalue weighted by Crippen LogP contribution is 2.41. The molecule has 4 aromatic heterocycles. The second kappa shape index (κ2) is 13.5. The van der Waals surface area contributed by atoms with Gasteiger partial charge in [0, 0.05) is 56.1 Å². The SMILES string of the molecule is c1ccc(-c2ccc3c4cc5ccccc5cc4n(-c4ccc(-c5nc(-c6ccc7c(c6)c6ccccc6n7-c6ccccc6)c6nccnc6n5)c5ccccc45)c3c2)cc1. The minimum atomic E-state index is 0.551. The molecule has 0 unspecified atom stereocenters. The van der Waals surface area contributed by atoms with E-state index in [1.54, 1.807) is 12.4 Å². The third-order valence-corrected chi connectivity index (χ3v) is 12.4. The molecule has 0 aliphatic rings. The molecule has 0 saturated carbocycles. The van der Waals surface area contributed by atoms with E-state index < -0.39 is 0 Å². The van der Waals surface area contributed by atoms with Gasteiger partial charge in [-0.3, -0.25) is 0 Å². The van der Waals surface area contributed by atoms with Crippen molar-refractivity contribution in [2.75, 3.05) is 0 Å². The third-order valence-electron chi connectivity index (χ3n) is 12.4. The molecule has 0 aliphatic heterocycles. The fourth-order valence-corrected chi connectivity index (χ4v) is 9.61. The Labute approximate surface area is 355 Å². The van der Waals surface area contributed by atoms with Crippen LogP contribution < -0.4 is 0 Å². The van der Waals surface area contributed by atoms with E-state index in [4.69, 9.17) is 19.9 Å². The Morgan fingerprint density at radius 2 is 1.00 bits per heavy atom. The van der Waals surface area contributed by atoms with Gasteiger partial charge in [-0.25, -0.2) is 19.9 Å². The van der Waals surface area contributed by atoms with E-state index in [-0.39, 0.29) is 0 Å². The van der Waals surface area contributed by atoms with Crippen LogP contribution in [-0.2, 0) is 0 Å². The van der Waals surface area contributed by atoms with Gasteiger partial charge < -0.3 is 9.13 Å². The molecule has 13 rings (SSSR count). The fraction of sp³-hybridized carbons (Fsp3) is 0. The lowest BCUT2D eigenvalue weighted by Gasteiger charge is -2.15. The molecule has 0 fully saturated rings. The van der Waals surface area contributed by atoms with E-state index in [0.29, 0.717) is 17.0 Å². The molecule has 0 radical (unpaired) electrons. The lowest BCUT2D eigenvalue weighted by atomic mass is 10.0. The normalized spacial score (nSPS) is 11.9. The molecule has 6 heteroatoms. The number of rotatable bonds is 5. The van der Waals surface area contributed by atoms with Crippen LogP contribution in [0.4, 0.5) is 0 Å². The van der Waals surface area contributed by atoms with E-state index in [1.807, 2.05) is 0 Å². The minimum absolute atomic E-state index is 0.551. The van der Waals surface area contributed by atoms with Crippen molar-refractivity contribution in [1.29, 1.82) is 0 Å². The van der Waals surface area contributed by atoms with Crippen LogP contribution in [0.5, 0.6) is 0 Å². The highest BCUT2D eigenvalue weighted by molar-refractivity contribution is 6.16. The standard InChI is InChI=1S/C56H34N6/c1-3-13-35(14-4-1)38-23-25-44-47-31-36-15-7-8-16-37(36)33-52(47)62(51(44)34-38)49-28-26-45(41-19-9-10-20-42(41)49)55-59-53(54-56(60-55)58-30-29-57-54)39-24-27-50-46(32-39)43-21-11-12-22-48(43)61(50)40-17-5-2-6-18-40/h1-34H. The van der Waals surface area contributed by atoms with Crippen LogP contribution in [0.1, 0.15) is 0 Å². The zero-order valence-electron chi connectivity index (χ0n) is 33.3. The molecular weight excluding hydrogens is 757 g/mol. The van der Waals surface area contributed by atoms with Crippen molar-refractivity contribution in [3.63, 3.8) is 0 Å². The maximum absolute atomic E-state index is 5.39. The molecule has 0 aliphatic carbocycles. The maximum atomic E-state index is 5.39. The van der Waals surface area contributed by atoms with Crippen molar-refractivity contribution in [1.82, 2.24) is 29.1 Å². The van der Waals surface area contributed by atoms with Crippen LogP contribution in [-0.4, -0.2) is 29.1 Å². The summed E-state index contributed by atoms with van der Waals surface area (Å²) in [7, 11) is 0. The molecule has 0 atom stereocenters. The van der Waals surface area contributed by atoms with Crippen LogP contribution in [0.3, 0.4) is 0 Å². The predicted octanol–water partition coefficient (Wildman–Crippen LogP) is 13.9. The molecule has 0 spiro atoms. The van der Waals surface area contributed by atoms with Gasteiger partial charge in [0.15, 0.2) is 11.5 Å². The second-order valence-corrected chi connectivity index (χ2v) is 15.9. The van der Waals surface area contributed by atoms with Crippen molar-refractivity contribution in [3.8, 4) is 45.1 Å². The van der Waals surface area contributed by atoms with E-state index in [1.165, 1.54) is 38.1 Å². The van der Waals surface area contributed by atoms with Crippen LogP contribution in [0.15, 0.2) is 207 Å². The van der Waals surface area contributed by atoms with Gasteiger partial charge in [0.25, 0.3) is 0 Å². The smallest absolute Gasteiger partial charge is 0.182 e. The van der Waals surface area contributed by atoms with E-state index in [2.05, 4.69) is 203 Å². The molecule has 4 heterocycles. The van der Waals surface area contributed by atoms with Crippen molar-refractivity contribution in [2.45, 2.75) is 0 Å². The molecule has 62 heavy (non-hydrogen) atoms. The lowest BCUT2D eigenvalue weighted by molar-refractivity contribution is 1.15. The van der Waals surface area contributed by atoms with Gasteiger partial charge in [0.2, 0.25) is 0 Å². The number of aromatic nitrogens is 6. The number of nitrogens with zero attached hydrogens (tertiary/aromatic N) is 6. The maximum Gasteiger partial charge on any atom is 0.182 e. The summed E-state index contributed by atoms with van der Waals surface area (Å²) in [6.07, 6.45) is 3.42. The van der Waals surface area contributed by atoms with Crippen molar-refractivity contribution in [3.05, 3.63) is 207 Å². The Hall–Kier alpha value is -8.48. The Morgan fingerprint density at radius 3 is 1.85 bits per heavy atom.